The van der Waals surface area contributed by atoms with Gasteiger partial charge in [0.25, 0.3) is 0 Å². The Morgan fingerprint density at radius 3 is 2.04 bits per heavy atom. The maximum absolute atomic E-state index is 10.9. The van der Waals surface area contributed by atoms with Gasteiger partial charge in [-0.25, -0.2) is 0 Å². The Labute approximate surface area is 146 Å². The minimum absolute atomic E-state index is 0.703. The molecule has 0 saturated carbocycles. The Morgan fingerprint density at radius 1 is 0.640 bits per heavy atom. The molecule has 2 nitrogen and oxygen atoms in total. The molecule has 0 aliphatic rings. The van der Waals surface area contributed by atoms with E-state index in [-0.39, 0.29) is 0 Å². The molecule has 0 spiro atoms. The van der Waals surface area contributed by atoms with Crippen LogP contribution in [0, 0.1) is 0 Å². The second-order valence-electron chi connectivity index (χ2n) is 5.96. The highest BCUT2D eigenvalue weighted by Gasteiger charge is 2.15. The third-order valence-electron chi connectivity index (χ3n) is 4.26. The molecule has 0 bridgehead atoms. The van der Waals surface area contributed by atoms with Crippen LogP contribution in [0.2, 0.25) is 0 Å². The molecule has 0 amide bonds. The Morgan fingerprint density at radius 2 is 1.28 bits per heavy atom. The van der Waals surface area contributed by atoms with Crippen molar-refractivity contribution in [3.63, 3.8) is 0 Å². The van der Waals surface area contributed by atoms with Gasteiger partial charge >= 0.3 is 0 Å². The average molecular weight is 326 g/mol. The highest BCUT2D eigenvalue weighted by molar-refractivity contribution is 5.88. The van der Waals surface area contributed by atoms with Crippen LogP contribution in [0.1, 0.15) is 17.2 Å². The Kier molecular flexibility index (Phi) is 4.19. The molecule has 1 N–H and O–H groups in total. The Balaban J connectivity index is 1.81. The molecule has 0 saturated heterocycles. The quantitative estimate of drug-likeness (QED) is 0.520. The smallest absolute Gasteiger partial charge is 0.128 e. The van der Waals surface area contributed by atoms with Gasteiger partial charge in [0.2, 0.25) is 0 Å². The second-order valence-corrected chi connectivity index (χ2v) is 5.96. The fourth-order valence-electron chi connectivity index (χ4n) is 3.04. The average Bonchev–Trinajstić information content (AvgIpc) is 2.68. The molecular formula is C23H18O2. The van der Waals surface area contributed by atoms with Crippen molar-refractivity contribution in [2.24, 2.45) is 0 Å². The van der Waals surface area contributed by atoms with Gasteiger partial charge in [-0.1, -0.05) is 72.8 Å². The number of aliphatic hydroxyl groups excluding tert-OH is 1. The zero-order chi connectivity index (χ0) is 17.1. The molecular weight excluding hydrogens is 308 g/mol. The van der Waals surface area contributed by atoms with E-state index in [1.54, 1.807) is 0 Å². The van der Waals surface area contributed by atoms with Crippen LogP contribution in [0.15, 0.2) is 97.1 Å². The molecule has 0 radical (unpaired) electrons. The van der Waals surface area contributed by atoms with E-state index < -0.39 is 6.10 Å². The van der Waals surface area contributed by atoms with Crippen LogP contribution in [0.5, 0.6) is 11.5 Å². The number of aliphatic hydroxyl groups is 1. The number of hydrogen-bond acceptors (Lipinski definition) is 2. The first-order valence-corrected chi connectivity index (χ1v) is 8.30. The number of para-hydroxylation sites is 1. The molecule has 2 heteroatoms. The van der Waals surface area contributed by atoms with Gasteiger partial charge < -0.3 is 9.84 Å². The van der Waals surface area contributed by atoms with E-state index in [0.717, 1.165) is 33.4 Å². The molecule has 122 valence electrons. The van der Waals surface area contributed by atoms with Crippen molar-refractivity contribution < 1.29 is 9.84 Å². The number of fused-ring (bicyclic) bond motifs is 1. The van der Waals surface area contributed by atoms with Crippen molar-refractivity contribution in [1.82, 2.24) is 0 Å². The molecule has 0 heterocycles. The summed E-state index contributed by atoms with van der Waals surface area (Å²) in [6, 6.07) is 31.3. The van der Waals surface area contributed by atoms with Gasteiger partial charge in [-0.15, -0.1) is 0 Å². The standard InChI is InChI=1S/C23H18O2/c24-23(17-9-3-1-4-10-17)22-16-20(25-19-12-5-2-6-13-19)15-18-11-7-8-14-21(18)22/h1-16,23-24H. The lowest BCUT2D eigenvalue weighted by atomic mass is 9.95. The lowest BCUT2D eigenvalue weighted by Gasteiger charge is -2.16. The van der Waals surface area contributed by atoms with Crippen LogP contribution in [0.3, 0.4) is 0 Å². The molecule has 4 rings (SSSR count). The van der Waals surface area contributed by atoms with Crippen LogP contribution in [-0.2, 0) is 0 Å². The monoisotopic (exact) mass is 326 g/mol. The number of rotatable bonds is 4. The molecule has 0 fully saturated rings. The molecule has 1 unspecified atom stereocenters. The largest absolute Gasteiger partial charge is 0.457 e. The fourth-order valence-corrected chi connectivity index (χ4v) is 3.04. The van der Waals surface area contributed by atoms with Crippen LogP contribution >= 0.6 is 0 Å². The highest BCUT2D eigenvalue weighted by atomic mass is 16.5. The predicted octanol–water partition coefficient (Wildman–Crippen LogP) is 5.71. The van der Waals surface area contributed by atoms with Crippen LogP contribution in [0.4, 0.5) is 0 Å². The molecule has 4 aromatic rings. The van der Waals surface area contributed by atoms with Gasteiger partial charge in [-0.3, -0.25) is 0 Å². The van der Waals surface area contributed by atoms with Gasteiger partial charge in [0.05, 0.1) is 0 Å². The summed E-state index contributed by atoms with van der Waals surface area (Å²) >= 11 is 0. The second kappa shape index (κ2) is 6.80. The molecule has 0 aliphatic carbocycles. The van der Waals surface area contributed by atoms with E-state index in [1.807, 2.05) is 97.1 Å². The summed E-state index contributed by atoms with van der Waals surface area (Å²) in [5, 5.41) is 13.0. The topological polar surface area (TPSA) is 29.5 Å². The zero-order valence-corrected chi connectivity index (χ0v) is 13.7. The number of benzene rings is 4. The highest BCUT2D eigenvalue weighted by Crippen LogP contribution is 2.34. The summed E-state index contributed by atoms with van der Waals surface area (Å²) in [4.78, 5) is 0. The SMILES string of the molecule is OC(c1ccccc1)c1cc(Oc2ccccc2)cc2ccccc12. The molecule has 0 aromatic heterocycles. The van der Waals surface area contributed by atoms with Gasteiger partial charge in [0.1, 0.15) is 17.6 Å². The summed E-state index contributed by atoms with van der Waals surface area (Å²) in [5.74, 6) is 1.49. The normalized spacial score (nSPS) is 12.0. The van der Waals surface area contributed by atoms with E-state index in [4.69, 9.17) is 4.74 Å². The molecule has 25 heavy (non-hydrogen) atoms. The van der Waals surface area contributed by atoms with Crippen molar-refractivity contribution in [3.8, 4) is 11.5 Å². The van der Waals surface area contributed by atoms with Gasteiger partial charge in [0.15, 0.2) is 0 Å². The molecule has 0 aliphatic heterocycles. The first-order chi connectivity index (χ1) is 12.3. The van der Waals surface area contributed by atoms with Crippen LogP contribution < -0.4 is 4.74 Å². The predicted molar refractivity (Wildman–Crippen MR) is 101 cm³/mol. The van der Waals surface area contributed by atoms with Gasteiger partial charge in [0, 0.05) is 0 Å². The minimum Gasteiger partial charge on any atom is -0.457 e. The number of hydrogen-bond donors (Lipinski definition) is 1. The fraction of sp³-hybridized carbons (Fsp3) is 0.0435. The summed E-state index contributed by atoms with van der Waals surface area (Å²) in [6.07, 6.45) is -0.703. The van der Waals surface area contributed by atoms with Crippen molar-refractivity contribution >= 4 is 10.8 Å². The Hall–Kier alpha value is -3.10. The lowest BCUT2D eigenvalue weighted by molar-refractivity contribution is 0.221. The third kappa shape index (κ3) is 3.25. The zero-order valence-electron chi connectivity index (χ0n) is 13.7. The maximum atomic E-state index is 10.9. The molecule has 4 aromatic carbocycles. The Bertz CT molecular complexity index is 979. The number of ether oxygens (including phenoxy) is 1. The van der Waals surface area contributed by atoms with Crippen molar-refractivity contribution in [2.45, 2.75) is 6.10 Å². The van der Waals surface area contributed by atoms with Gasteiger partial charge in [-0.05, 0) is 46.2 Å². The van der Waals surface area contributed by atoms with Crippen molar-refractivity contribution in [2.75, 3.05) is 0 Å². The van der Waals surface area contributed by atoms with Crippen molar-refractivity contribution in [3.05, 3.63) is 108 Å². The summed E-state index contributed by atoms with van der Waals surface area (Å²) in [7, 11) is 0. The van der Waals surface area contributed by atoms with E-state index in [2.05, 4.69) is 0 Å². The molecule has 1 atom stereocenters. The van der Waals surface area contributed by atoms with Crippen LogP contribution in [0.25, 0.3) is 10.8 Å². The third-order valence-corrected chi connectivity index (χ3v) is 4.26. The van der Waals surface area contributed by atoms with Crippen LogP contribution in [-0.4, -0.2) is 5.11 Å². The van der Waals surface area contributed by atoms with Crippen molar-refractivity contribution in [1.29, 1.82) is 0 Å². The first kappa shape index (κ1) is 15.4. The minimum atomic E-state index is -0.703. The lowest BCUT2D eigenvalue weighted by Crippen LogP contribution is -2.01. The summed E-state index contributed by atoms with van der Waals surface area (Å²) in [6.45, 7) is 0. The van der Waals surface area contributed by atoms with Gasteiger partial charge in [-0.2, -0.15) is 0 Å². The summed E-state index contributed by atoms with van der Waals surface area (Å²) < 4.78 is 6.00. The van der Waals surface area contributed by atoms with E-state index >= 15 is 0 Å². The van der Waals surface area contributed by atoms with E-state index in [1.165, 1.54) is 0 Å². The first-order valence-electron chi connectivity index (χ1n) is 8.30. The van der Waals surface area contributed by atoms with E-state index in [9.17, 15) is 5.11 Å². The van der Waals surface area contributed by atoms with E-state index in [0.29, 0.717) is 0 Å². The maximum Gasteiger partial charge on any atom is 0.128 e. The summed E-state index contributed by atoms with van der Waals surface area (Å²) in [5.41, 5.74) is 1.71.